The van der Waals surface area contributed by atoms with E-state index in [2.05, 4.69) is 22.0 Å². The van der Waals surface area contributed by atoms with Crippen LogP contribution in [0.25, 0.3) is 0 Å². The van der Waals surface area contributed by atoms with Crippen LogP contribution < -0.4 is 0 Å². The smallest absolute Gasteiger partial charge is 0.0535 e. The van der Waals surface area contributed by atoms with Crippen LogP contribution in [0.2, 0.25) is 0 Å². The Bertz CT molecular complexity index is 285. The van der Waals surface area contributed by atoms with E-state index in [0.29, 0.717) is 0 Å². The van der Waals surface area contributed by atoms with Gasteiger partial charge >= 0.3 is 0 Å². The molecule has 84 valence electrons. The van der Waals surface area contributed by atoms with E-state index in [-0.39, 0.29) is 0 Å². The van der Waals surface area contributed by atoms with E-state index in [1.165, 1.54) is 56.5 Å². The normalized spacial score (nSPS) is 19.8. The third-order valence-corrected chi connectivity index (χ3v) is 3.28. The molecule has 0 bridgehead atoms. The van der Waals surface area contributed by atoms with Crippen LogP contribution in [0.15, 0.2) is 6.20 Å². The van der Waals surface area contributed by atoms with E-state index >= 15 is 0 Å². The quantitative estimate of drug-likeness (QED) is 0.808. The highest BCUT2D eigenvalue weighted by atomic mass is 15.1. The van der Waals surface area contributed by atoms with Crippen molar-refractivity contribution in [3.63, 3.8) is 0 Å². The van der Waals surface area contributed by atoms with Crippen LogP contribution in [0, 0.1) is 6.92 Å². The van der Waals surface area contributed by atoms with Gasteiger partial charge in [0.15, 0.2) is 0 Å². The summed E-state index contributed by atoms with van der Waals surface area (Å²) in [4.78, 5) is 2.57. The molecule has 0 amide bonds. The minimum absolute atomic E-state index is 1.07. The molecule has 0 saturated carbocycles. The first-order valence-electron chi connectivity index (χ1n) is 6.07. The van der Waals surface area contributed by atoms with Crippen LogP contribution in [0.4, 0.5) is 0 Å². The lowest BCUT2D eigenvalue weighted by atomic mass is 10.1. The summed E-state index contributed by atoms with van der Waals surface area (Å²) in [5.41, 5.74) is 2.58. The third-order valence-electron chi connectivity index (χ3n) is 3.28. The van der Waals surface area contributed by atoms with E-state index in [1.54, 1.807) is 0 Å². The van der Waals surface area contributed by atoms with E-state index in [4.69, 9.17) is 0 Å². The number of H-pyrrole nitrogens is 1. The Morgan fingerprint density at radius 1 is 1.20 bits per heavy atom. The summed E-state index contributed by atoms with van der Waals surface area (Å²) < 4.78 is 0. The van der Waals surface area contributed by atoms with Crippen molar-refractivity contribution in [2.45, 2.75) is 45.6 Å². The van der Waals surface area contributed by atoms with Gasteiger partial charge in [0.05, 0.1) is 6.20 Å². The summed E-state index contributed by atoms with van der Waals surface area (Å²) in [6, 6.07) is 0. The monoisotopic (exact) mass is 207 g/mol. The van der Waals surface area contributed by atoms with Crippen molar-refractivity contribution in [2.75, 3.05) is 13.1 Å². The van der Waals surface area contributed by atoms with Gasteiger partial charge < -0.3 is 0 Å². The van der Waals surface area contributed by atoms with Crippen LogP contribution >= 0.6 is 0 Å². The molecule has 1 aromatic heterocycles. The Morgan fingerprint density at radius 2 is 1.87 bits per heavy atom. The fourth-order valence-corrected chi connectivity index (χ4v) is 2.25. The molecular formula is C12H21N3. The van der Waals surface area contributed by atoms with E-state index in [1.807, 2.05) is 6.20 Å². The molecule has 0 atom stereocenters. The third kappa shape index (κ3) is 3.06. The van der Waals surface area contributed by atoms with Gasteiger partial charge in [-0.3, -0.25) is 10.00 Å². The number of aromatic nitrogens is 2. The largest absolute Gasteiger partial charge is 0.299 e. The lowest BCUT2D eigenvalue weighted by molar-refractivity contribution is 0.239. The minimum atomic E-state index is 1.07. The fraction of sp³-hybridized carbons (Fsp3) is 0.750. The first-order chi connectivity index (χ1) is 7.36. The molecule has 3 nitrogen and oxygen atoms in total. The summed E-state index contributed by atoms with van der Waals surface area (Å²) in [5.74, 6) is 0. The second kappa shape index (κ2) is 5.31. The van der Waals surface area contributed by atoms with Gasteiger partial charge in [0, 0.05) is 17.8 Å². The molecule has 0 aromatic carbocycles. The SMILES string of the molecule is Cc1[nH]ncc1CN1CCCCCCC1. The molecule has 1 saturated heterocycles. The Balaban J connectivity index is 1.89. The summed E-state index contributed by atoms with van der Waals surface area (Å²) >= 11 is 0. The zero-order chi connectivity index (χ0) is 10.5. The second-order valence-corrected chi connectivity index (χ2v) is 4.56. The number of aromatic amines is 1. The first-order valence-corrected chi connectivity index (χ1v) is 6.07. The Kier molecular flexibility index (Phi) is 3.78. The lowest BCUT2D eigenvalue weighted by Crippen LogP contribution is -2.26. The Labute approximate surface area is 91.9 Å². The zero-order valence-electron chi connectivity index (χ0n) is 9.63. The average molecular weight is 207 g/mol. The topological polar surface area (TPSA) is 31.9 Å². The maximum atomic E-state index is 4.08. The number of rotatable bonds is 2. The Hall–Kier alpha value is -0.830. The standard InChI is InChI=1S/C12H21N3/c1-11-12(9-13-14-11)10-15-7-5-3-2-4-6-8-15/h9H,2-8,10H2,1H3,(H,13,14). The highest BCUT2D eigenvalue weighted by molar-refractivity contribution is 5.13. The summed E-state index contributed by atoms with van der Waals surface area (Å²) in [6.07, 6.45) is 8.92. The molecule has 1 N–H and O–H groups in total. The van der Waals surface area contributed by atoms with Gasteiger partial charge in [0.1, 0.15) is 0 Å². The van der Waals surface area contributed by atoms with Crippen molar-refractivity contribution < 1.29 is 0 Å². The van der Waals surface area contributed by atoms with Crippen LogP contribution in [0.3, 0.4) is 0 Å². The van der Waals surface area contributed by atoms with Crippen molar-refractivity contribution in [1.29, 1.82) is 0 Å². The molecular weight excluding hydrogens is 186 g/mol. The number of nitrogens with zero attached hydrogens (tertiary/aromatic N) is 2. The first kappa shape index (κ1) is 10.7. The molecule has 0 aliphatic carbocycles. The van der Waals surface area contributed by atoms with Crippen LogP contribution in [0.1, 0.15) is 43.4 Å². The average Bonchev–Trinajstić information content (AvgIpc) is 2.56. The zero-order valence-corrected chi connectivity index (χ0v) is 9.63. The molecule has 1 aliphatic heterocycles. The van der Waals surface area contributed by atoms with Crippen LogP contribution in [0.5, 0.6) is 0 Å². The summed E-state index contributed by atoms with van der Waals surface area (Å²) in [5, 5.41) is 7.09. The van der Waals surface area contributed by atoms with Gasteiger partial charge in [-0.1, -0.05) is 19.3 Å². The molecule has 3 heteroatoms. The molecule has 0 radical (unpaired) electrons. The van der Waals surface area contributed by atoms with E-state index < -0.39 is 0 Å². The number of likely N-dealkylation sites (tertiary alicyclic amines) is 1. The van der Waals surface area contributed by atoms with Crippen molar-refractivity contribution in [2.24, 2.45) is 0 Å². The number of hydrogen-bond donors (Lipinski definition) is 1. The molecule has 1 fully saturated rings. The minimum Gasteiger partial charge on any atom is -0.299 e. The number of hydrogen-bond acceptors (Lipinski definition) is 2. The van der Waals surface area contributed by atoms with Gasteiger partial charge in [0.2, 0.25) is 0 Å². The number of nitrogens with one attached hydrogen (secondary N) is 1. The van der Waals surface area contributed by atoms with Crippen LogP contribution in [-0.2, 0) is 6.54 Å². The van der Waals surface area contributed by atoms with E-state index in [9.17, 15) is 0 Å². The molecule has 1 aliphatic rings. The number of aryl methyl sites for hydroxylation is 1. The van der Waals surface area contributed by atoms with Gasteiger partial charge in [0.25, 0.3) is 0 Å². The van der Waals surface area contributed by atoms with E-state index in [0.717, 1.165) is 6.54 Å². The fourth-order valence-electron chi connectivity index (χ4n) is 2.25. The summed E-state index contributed by atoms with van der Waals surface area (Å²) in [7, 11) is 0. The lowest BCUT2D eigenvalue weighted by Gasteiger charge is -2.24. The highest BCUT2D eigenvalue weighted by Gasteiger charge is 2.10. The van der Waals surface area contributed by atoms with Gasteiger partial charge in [-0.15, -0.1) is 0 Å². The molecule has 0 spiro atoms. The Morgan fingerprint density at radius 3 is 2.47 bits per heavy atom. The maximum absolute atomic E-state index is 4.08. The predicted molar refractivity (Wildman–Crippen MR) is 61.7 cm³/mol. The molecule has 1 aromatic rings. The van der Waals surface area contributed by atoms with Crippen molar-refractivity contribution >= 4 is 0 Å². The molecule has 2 rings (SSSR count). The maximum Gasteiger partial charge on any atom is 0.0535 e. The van der Waals surface area contributed by atoms with Crippen molar-refractivity contribution in [3.8, 4) is 0 Å². The summed E-state index contributed by atoms with van der Waals surface area (Å²) in [6.45, 7) is 5.68. The van der Waals surface area contributed by atoms with Gasteiger partial charge in [-0.2, -0.15) is 5.10 Å². The van der Waals surface area contributed by atoms with Gasteiger partial charge in [-0.05, 0) is 32.9 Å². The van der Waals surface area contributed by atoms with Crippen molar-refractivity contribution in [3.05, 3.63) is 17.5 Å². The predicted octanol–water partition coefficient (Wildman–Crippen LogP) is 2.48. The molecule has 2 heterocycles. The van der Waals surface area contributed by atoms with Crippen LogP contribution in [-0.4, -0.2) is 28.2 Å². The highest BCUT2D eigenvalue weighted by Crippen LogP contribution is 2.14. The molecule has 0 unspecified atom stereocenters. The second-order valence-electron chi connectivity index (χ2n) is 4.56. The van der Waals surface area contributed by atoms with Gasteiger partial charge in [-0.25, -0.2) is 0 Å². The molecule has 15 heavy (non-hydrogen) atoms. The van der Waals surface area contributed by atoms with Crippen molar-refractivity contribution in [1.82, 2.24) is 15.1 Å².